The average Bonchev–Trinajstić information content (AvgIpc) is 2.76. The van der Waals surface area contributed by atoms with E-state index in [1.807, 2.05) is 13.0 Å². The van der Waals surface area contributed by atoms with Gasteiger partial charge in [0, 0.05) is 30.0 Å². The van der Waals surface area contributed by atoms with Gasteiger partial charge in [0.05, 0.1) is 0 Å². The molecule has 7 heteroatoms. The first-order chi connectivity index (χ1) is 8.49. The third-order valence-electron chi connectivity index (χ3n) is 2.46. The van der Waals surface area contributed by atoms with Gasteiger partial charge in [0.25, 0.3) is 0 Å². The molecule has 5 nitrogen and oxygen atoms in total. The van der Waals surface area contributed by atoms with E-state index in [4.69, 9.17) is 5.73 Å². The highest BCUT2D eigenvalue weighted by Crippen LogP contribution is 2.21. The minimum Gasteiger partial charge on any atom is -0.398 e. The standard InChI is InChI=1S/C11H13N3O2S2/c1-8-2-3-13-5-9(8)6-14-18(15,16)11-4-10(12)7-17-11/h2-5,7,14H,6,12H2,1H3. The maximum atomic E-state index is 12.0. The van der Waals surface area contributed by atoms with Gasteiger partial charge >= 0.3 is 0 Å². The van der Waals surface area contributed by atoms with Gasteiger partial charge in [-0.05, 0) is 30.2 Å². The van der Waals surface area contributed by atoms with Crippen LogP contribution in [0.4, 0.5) is 5.69 Å². The molecule has 0 bridgehead atoms. The highest BCUT2D eigenvalue weighted by Gasteiger charge is 2.16. The summed E-state index contributed by atoms with van der Waals surface area (Å²) in [6.45, 7) is 2.13. The van der Waals surface area contributed by atoms with Crippen molar-refractivity contribution >= 4 is 27.0 Å². The maximum Gasteiger partial charge on any atom is 0.250 e. The van der Waals surface area contributed by atoms with Crippen LogP contribution < -0.4 is 10.5 Å². The van der Waals surface area contributed by atoms with Gasteiger partial charge in [-0.25, -0.2) is 13.1 Å². The van der Waals surface area contributed by atoms with E-state index in [9.17, 15) is 8.42 Å². The molecule has 2 heterocycles. The molecule has 3 N–H and O–H groups in total. The van der Waals surface area contributed by atoms with E-state index in [0.29, 0.717) is 5.69 Å². The molecule has 0 radical (unpaired) electrons. The van der Waals surface area contributed by atoms with Crippen LogP contribution in [0.5, 0.6) is 0 Å². The molecule has 0 saturated heterocycles. The number of nitrogen functional groups attached to an aromatic ring is 1. The van der Waals surface area contributed by atoms with E-state index >= 15 is 0 Å². The Kier molecular flexibility index (Phi) is 3.65. The second-order valence-electron chi connectivity index (χ2n) is 3.83. The fourth-order valence-electron chi connectivity index (χ4n) is 1.40. The SMILES string of the molecule is Cc1ccncc1CNS(=O)(=O)c1cc(N)cs1. The molecule has 0 amide bonds. The predicted molar refractivity (Wildman–Crippen MR) is 71.7 cm³/mol. The number of hydrogen-bond acceptors (Lipinski definition) is 5. The number of rotatable bonds is 4. The Morgan fingerprint density at radius 1 is 1.50 bits per heavy atom. The molecule has 0 aliphatic heterocycles. The van der Waals surface area contributed by atoms with Crippen molar-refractivity contribution < 1.29 is 8.42 Å². The third-order valence-corrected chi connectivity index (χ3v) is 5.32. The number of aromatic nitrogens is 1. The molecular formula is C11H13N3O2S2. The highest BCUT2D eigenvalue weighted by atomic mass is 32.2. The second kappa shape index (κ2) is 5.05. The molecule has 2 rings (SSSR count). The minimum atomic E-state index is -3.49. The van der Waals surface area contributed by atoms with Crippen molar-refractivity contribution in [1.29, 1.82) is 0 Å². The van der Waals surface area contributed by atoms with E-state index in [1.54, 1.807) is 17.8 Å². The zero-order valence-electron chi connectivity index (χ0n) is 9.75. The van der Waals surface area contributed by atoms with Crippen molar-refractivity contribution in [3.05, 3.63) is 41.0 Å². The topological polar surface area (TPSA) is 85.1 Å². The monoisotopic (exact) mass is 283 g/mol. The number of nitrogens with two attached hydrogens (primary N) is 1. The fraction of sp³-hybridized carbons (Fsp3) is 0.182. The number of thiophene rings is 1. The lowest BCUT2D eigenvalue weighted by atomic mass is 10.2. The van der Waals surface area contributed by atoms with Crippen LogP contribution >= 0.6 is 11.3 Å². The van der Waals surface area contributed by atoms with Gasteiger partial charge in [-0.1, -0.05) is 0 Å². The van der Waals surface area contributed by atoms with Crippen molar-refractivity contribution in [3.8, 4) is 0 Å². The number of pyridine rings is 1. The van der Waals surface area contributed by atoms with Crippen LogP contribution in [0.1, 0.15) is 11.1 Å². The lowest BCUT2D eigenvalue weighted by Crippen LogP contribution is -2.22. The summed E-state index contributed by atoms with van der Waals surface area (Å²) in [6, 6.07) is 3.29. The third kappa shape index (κ3) is 2.87. The Bertz CT molecular complexity index is 650. The lowest BCUT2D eigenvalue weighted by molar-refractivity contribution is 0.583. The molecule has 0 unspecified atom stereocenters. The van der Waals surface area contributed by atoms with Gasteiger partial charge in [0.2, 0.25) is 10.0 Å². The Hall–Kier alpha value is -1.44. The largest absolute Gasteiger partial charge is 0.398 e. The van der Waals surface area contributed by atoms with E-state index < -0.39 is 10.0 Å². The van der Waals surface area contributed by atoms with E-state index in [1.165, 1.54) is 6.07 Å². The smallest absolute Gasteiger partial charge is 0.250 e. The van der Waals surface area contributed by atoms with Gasteiger partial charge in [0.1, 0.15) is 4.21 Å². The number of nitrogens with one attached hydrogen (secondary N) is 1. The molecule has 96 valence electrons. The van der Waals surface area contributed by atoms with Crippen LogP contribution in [0.2, 0.25) is 0 Å². The molecule has 0 aliphatic carbocycles. The van der Waals surface area contributed by atoms with Crippen LogP contribution in [0.15, 0.2) is 34.1 Å². The van der Waals surface area contributed by atoms with Gasteiger partial charge in [0.15, 0.2) is 0 Å². The Balaban J connectivity index is 2.13. The number of nitrogens with zero attached hydrogens (tertiary/aromatic N) is 1. The number of aryl methyl sites for hydroxylation is 1. The maximum absolute atomic E-state index is 12.0. The summed E-state index contributed by atoms with van der Waals surface area (Å²) < 4.78 is 26.7. The van der Waals surface area contributed by atoms with Gasteiger partial charge in [-0.3, -0.25) is 4.98 Å². The molecule has 2 aromatic heterocycles. The van der Waals surface area contributed by atoms with Crippen molar-refractivity contribution in [2.45, 2.75) is 17.7 Å². The minimum absolute atomic E-state index is 0.222. The molecule has 2 aromatic rings. The summed E-state index contributed by atoms with van der Waals surface area (Å²) in [5, 5.41) is 1.60. The molecule has 0 aliphatic rings. The first-order valence-electron chi connectivity index (χ1n) is 5.22. The quantitative estimate of drug-likeness (QED) is 0.890. The summed E-state index contributed by atoms with van der Waals surface area (Å²) in [5.41, 5.74) is 7.82. The highest BCUT2D eigenvalue weighted by molar-refractivity contribution is 7.91. The lowest BCUT2D eigenvalue weighted by Gasteiger charge is -2.06. The van der Waals surface area contributed by atoms with E-state index in [-0.39, 0.29) is 10.8 Å². The molecule has 0 atom stereocenters. The van der Waals surface area contributed by atoms with Crippen LogP contribution in [0.3, 0.4) is 0 Å². The number of hydrogen-bond donors (Lipinski definition) is 2. The fourth-order valence-corrected chi connectivity index (χ4v) is 3.53. The molecule has 18 heavy (non-hydrogen) atoms. The van der Waals surface area contributed by atoms with Crippen LogP contribution in [0, 0.1) is 6.92 Å². The molecule has 0 spiro atoms. The van der Waals surface area contributed by atoms with Crippen LogP contribution in [-0.2, 0) is 16.6 Å². The van der Waals surface area contributed by atoms with Crippen molar-refractivity contribution in [3.63, 3.8) is 0 Å². The number of sulfonamides is 1. The zero-order valence-corrected chi connectivity index (χ0v) is 11.4. The van der Waals surface area contributed by atoms with Gasteiger partial charge in [-0.15, -0.1) is 11.3 Å². The predicted octanol–water partition coefficient (Wildman–Crippen LogP) is 1.51. The summed E-state index contributed by atoms with van der Waals surface area (Å²) in [5.74, 6) is 0. The Morgan fingerprint density at radius 2 is 2.28 bits per heavy atom. The first kappa shape index (κ1) is 13.0. The molecule has 0 saturated carbocycles. The molecular weight excluding hydrogens is 270 g/mol. The Labute approximate surface area is 110 Å². The summed E-state index contributed by atoms with van der Waals surface area (Å²) in [6.07, 6.45) is 3.33. The zero-order chi connectivity index (χ0) is 13.2. The van der Waals surface area contributed by atoms with Crippen molar-refractivity contribution in [1.82, 2.24) is 9.71 Å². The van der Waals surface area contributed by atoms with Gasteiger partial charge in [-0.2, -0.15) is 0 Å². The summed E-state index contributed by atoms with van der Waals surface area (Å²) >= 11 is 1.10. The average molecular weight is 283 g/mol. The Morgan fingerprint density at radius 3 is 2.89 bits per heavy atom. The second-order valence-corrected chi connectivity index (χ2v) is 6.73. The van der Waals surface area contributed by atoms with Crippen molar-refractivity contribution in [2.24, 2.45) is 0 Å². The summed E-state index contributed by atoms with van der Waals surface area (Å²) in [4.78, 5) is 3.97. The van der Waals surface area contributed by atoms with Crippen LogP contribution in [0.25, 0.3) is 0 Å². The number of anilines is 1. The van der Waals surface area contributed by atoms with E-state index in [2.05, 4.69) is 9.71 Å². The molecule has 0 fully saturated rings. The molecule has 0 aromatic carbocycles. The van der Waals surface area contributed by atoms with E-state index in [0.717, 1.165) is 22.5 Å². The van der Waals surface area contributed by atoms with Crippen molar-refractivity contribution in [2.75, 3.05) is 5.73 Å². The summed E-state index contributed by atoms with van der Waals surface area (Å²) in [7, 11) is -3.49. The normalized spacial score (nSPS) is 11.6. The van der Waals surface area contributed by atoms with Gasteiger partial charge < -0.3 is 5.73 Å². The van der Waals surface area contributed by atoms with Crippen LogP contribution in [-0.4, -0.2) is 13.4 Å². The first-order valence-corrected chi connectivity index (χ1v) is 7.58.